The third-order valence-corrected chi connectivity index (χ3v) is 3.78. The molecule has 0 heterocycles. The van der Waals surface area contributed by atoms with Gasteiger partial charge in [0.2, 0.25) is 0 Å². The van der Waals surface area contributed by atoms with Crippen molar-refractivity contribution in [3.05, 3.63) is 67.0 Å². The first kappa shape index (κ1) is 15.4. The van der Waals surface area contributed by atoms with E-state index < -0.39 is 16.6 Å². The summed E-state index contributed by atoms with van der Waals surface area (Å²) in [7, 11) is 0. The van der Waals surface area contributed by atoms with E-state index in [1.807, 2.05) is 22.6 Å². The maximum absolute atomic E-state index is 13.4. The van der Waals surface area contributed by atoms with E-state index in [9.17, 15) is 19.3 Å². The zero-order chi connectivity index (χ0) is 15.6. The molecule has 21 heavy (non-hydrogen) atoms. The van der Waals surface area contributed by atoms with Gasteiger partial charge in [0.15, 0.2) is 0 Å². The highest BCUT2D eigenvalue weighted by Gasteiger charge is 2.16. The largest absolute Gasteiger partial charge is 0.322 e. The number of nitro benzene ring substituents is 1. The van der Waals surface area contributed by atoms with E-state index in [0.29, 0.717) is 14.8 Å². The molecule has 1 N–H and O–H groups in total. The van der Waals surface area contributed by atoms with E-state index >= 15 is 0 Å². The molecule has 0 aliphatic heterocycles. The van der Waals surface area contributed by atoms with Gasteiger partial charge >= 0.3 is 0 Å². The van der Waals surface area contributed by atoms with Gasteiger partial charge in [-0.25, -0.2) is 4.39 Å². The number of anilines is 1. The van der Waals surface area contributed by atoms with Gasteiger partial charge in [-0.1, -0.05) is 6.07 Å². The second kappa shape index (κ2) is 6.17. The van der Waals surface area contributed by atoms with Gasteiger partial charge in [0.25, 0.3) is 11.6 Å². The summed E-state index contributed by atoms with van der Waals surface area (Å²) in [6, 6.07) is 8.33. The van der Waals surface area contributed by atoms with Crippen molar-refractivity contribution < 1.29 is 14.1 Å². The lowest BCUT2D eigenvalue weighted by Gasteiger charge is -2.08. The lowest BCUT2D eigenvalue weighted by atomic mass is 10.1. The number of hydrogen-bond acceptors (Lipinski definition) is 3. The molecule has 0 spiro atoms. The number of hydrogen-bond donors (Lipinski definition) is 1. The second-order valence-corrected chi connectivity index (χ2v) is 5.50. The molecule has 7 heteroatoms. The lowest BCUT2D eigenvalue weighted by molar-refractivity contribution is -0.384. The first-order chi connectivity index (χ1) is 9.88. The molecule has 0 saturated heterocycles. The predicted octanol–water partition coefficient (Wildman–Crippen LogP) is 3.90. The monoisotopic (exact) mass is 400 g/mol. The number of carbonyl (C=O) groups is 1. The van der Waals surface area contributed by atoms with Gasteiger partial charge in [0, 0.05) is 21.4 Å². The van der Waals surface area contributed by atoms with Crippen molar-refractivity contribution in [2.75, 3.05) is 5.32 Å². The summed E-state index contributed by atoms with van der Waals surface area (Å²) in [4.78, 5) is 22.3. The highest BCUT2D eigenvalue weighted by Crippen LogP contribution is 2.21. The zero-order valence-corrected chi connectivity index (χ0v) is 13.0. The van der Waals surface area contributed by atoms with Gasteiger partial charge in [-0.2, -0.15) is 0 Å². The van der Waals surface area contributed by atoms with Gasteiger partial charge in [-0.15, -0.1) is 0 Å². The minimum atomic E-state index is -0.571. The van der Waals surface area contributed by atoms with E-state index in [1.54, 1.807) is 19.1 Å². The molecule has 0 aliphatic rings. The molecule has 0 saturated carbocycles. The number of halogens is 2. The van der Waals surface area contributed by atoms with Crippen LogP contribution in [0, 0.1) is 26.4 Å². The number of nitro groups is 1. The standard InChI is InChI=1S/C14H10FIN2O3/c1-8-2-3-9(6-12(8)15)17-14(19)11-7-10(18(20)21)4-5-13(11)16/h2-7H,1H3,(H,17,19). The van der Waals surface area contributed by atoms with Crippen LogP contribution in [0.4, 0.5) is 15.8 Å². The van der Waals surface area contributed by atoms with Crippen LogP contribution in [0.2, 0.25) is 0 Å². The number of rotatable bonds is 3. The Labute approximate surface area is 133 Å². The highest BCUT2D eigenvalue weighted by molar-refractivity contribution is 14.1. The second-order valence-electron chi connectivity index (χ2n) is 4.34. The maximum Gasteiger partial charge on any atom is 0.270 e. The van der Waals surface area contributed by atoms with Crippen LogP contribution in [-0.2, 0) is 0 Å². The molecule has 0 aromatic heterocycles. The molecular weight excluding hydrogens is 390 g/mol. The fourth-order valence-corrected chi connectivity index (χ4v) is 2.25. The third-order valence-electron chi connectivity index (χ3n) is 2.84. The van der Waals surface area contributed by atoms with Crippen LogP contribution in [0.15, 0.2) is 36.4 Å². The van der Waals surface area contributed by atoms with Crippen LogP contribution < -0.4 is 5.32 Å². The molecule has 5 nitrogen and oxygen atoms in total. The fourth-order valence-electron chi connectivity index (χ4n) is 1.67. The van der Waals surface area contributed by atoms with Crippen LogP contribution in [0.5, 0.6) is 0 Å². The number of nitrogens with zero attached hydrogens (tertiary/aromatic N) is 1. The minimum Gasteiger partial charge on any atom is -0.322 e. The van der Waals surface area contributed by atoms with Gasteiger partial charge in [0.1, 0.15) is 5.82 Å². The fraction of sp³-hybridized carbons (Fsp3) is 0.0714. The number of non-ortho nitro benzene ring substituents is 1. The van der Waals surface area contributed by atoms with Crippen molar-refractivity contribution >= 4 is 39.9 Å². The van der Waals surface area contributed by atoms with Crippen molar-refractivity contribution in [2.24, 2.45) is 0 Å². The Hall–Kier alpha value is -2.03. The minimum absolute atomic E-state index is 0.171. The number of carbonyl (C=O) groups excluding carboxylic acids is 1. The van der Waals surface area contributed by atoms with Crippen molar-refractivity contribution in [1.29, 1.82) is 0 Å². The number of aryl methyl sites for hydroxylation is 1. The smallest absolute Gasteiger partial charge is 0.270 e. The first-order valence-electron chi connectivity index (χ1n) is 5.90. The van der Waals surface area contributed by atoms with Gasteiger partial charge < -0.3 is 5.32 Å². The summed E-state index contributed by atoms with van der Waals surface area (Å²) in [5.41, 5.74) is 0.768. The maximum atomic E-state index is 13.4. The molecule has 0 fully saturated rings. The topological polar surface area (TPSA) is 72.2 Å². The van der Waals surface area contributed by atoms with Crippen LogP contribution in [-0.4, -0.2) is 10.8 Å². The quantitative estimate of drug-likeness (QED) is 0.483. The van der Waals surface area contributed by atoms with Crippen LogP contribution in [0.1, 0.15) is 15.9 Å². The van der Waals surface area contributed by atoms with Gasteiger partial charge in [-0.3, -0.25) is 14.9 Å². The van der Waals surface area contributed by atoms with E-state index in [1.165, 1.54) is 24.3 Å². The number of nitrogens with one attached hydrogen (secondary N) is 1. The molecular formula is C14H10FIN2O3. The van der Waals surface area contributed by atoms with Crippen molar-refractivity contribution in [2.45, 2.75) is 6.92 Å². The molecule has 0 radical (unpaired) electrons. The molecule has 0 atom stereocenters. The summed E-state index contributed by atoms with van der Waals surface area (Å²) >= 11 is 1.91. The lowest BCUT2D eigenvalue weighted by Crippen LogP contribution is -2.14. The molecule has 2 rings (SSSR count). The van der Waals surface area contributed by atoms with Crippen molar-refractivity contribution in [3.8, 4) is 0 Å². The van der Waals surface area contributed by atoms with Gasteiger partial charge in [-0.05, 0) is 53.3 Å². The van der Waals surface area contributed by atoms with E-state index in [4.69, 9.17) is 0 Å². The Morgan fingerprint density at radius 3 is 2.62 bits per heavy atom. The number of benzene rings is 2. The summed E-state index contributed by atoms with van der Waals surface area (Å²) in [5.74, 6) is -0.951. The van der Waals surface area contributed by atoms with Crippen molar-refractivity contribution in [3.63, 3.8) is 0 Å². The average molecular weight is 400 g/mol. The van der Waals surface area contributed by atoms with Crippen molar-refractivity contribution in [1.82, 2.24) is 0 Å². The first-order valence-corrected chi connectivity index (χ1v) is 6.98. The molecule has 0 unspecified atom stereocenters. The Kier molecular flexibility index (Phi) is 4.51. The summed E-state index contributed by atoms with van der Waals surface area (Å²) in [5, 5.41) is 13.3. The Balaban J connectivity index is 2.29. The third kappa shape index (κ3) is 3.54. The van der Waals surface area contributed by atoms with Gasteiger partial charge in [0.05, 0.1) is 10.5 Å². The zero-order valence-electron chi connectivity index (χ0n) is 10.9. The Bertz CT molecular complexity index is 734. The summed E-state index contributed by atoms with van der Waals surface area (Å²) in [6.45, 7) is 1.62. The molecule has 0 bridgehead atoms. The molecule has 2 aromatic carbocycles. The van der Waals surface area contributed by atoms with E-state index in [2.05, 4.69) is 5.32 Å². The highest BCUT2D eigenvalue weighted by atomic mass is 127. The van der Waals surface area contributed by atoms with E-state index in [0.717, 1.165) is 0 Å². The Morgan fingerprint density at radius 2 is 2.00 bits per heavy atom. The van der Waals surface area contributed by atoms with E-state index in [-0.39, 0.29) is 11.3 Å². The number of amides is 1. The van der Waals surface area contributed by atoms with Crippen LogP contribution in [0.3, 0.4) is 0 Å². The predicted molar refractivity (Wildman–Crippen MR) is 84.9 cm³/mol. The van der Waals surface area contributed by atoms with Crippen LogP contribution in [0.25, 0.3) is 0 Å². The molecule has 2 aromatic rings. The molecule has 1 amide bonds. The molecule has 108 valence electrons. The average Bonchev–Trinajstić information content (AvgIpc) is 2.43. The SMILES string of the molecule is Cc1ccc(NC(=O)c2cc([N+](=O)[O-])ccc2I)cc1F. The Morgan fingerprint density at radius 1 is 1.29 bits per heavy atom. The summed E-state index contributed by atoms with van der Waals surface area (Å²) in [6.07, 6.45) is 0. The summed E-state index contributed by atoms with van der Waals surface area (Å²) < 4.78 is 14.0. The van der Waals surface area contributed by atoms with Crippen LogP contribution >= 0.6 is 22.6 Å². The molecule has 0 aliphatic carbocycles. The normalized spacial score (nSPS) is 10.2.